The van der Waals surface area contributed by atoms with Crippen molar-refractivity contribution in [3.8, 4) is 17.0 Å². The van der Waals surface area contributed by atoms with Crippen LogP contribution in [-0.2, 0) is 11.4 Å². The molecule has 2 fully saturated rings. The first-order valence-electron chi connectivity index (χ1n) is 13.5. The van der Waals surface area contributed by atoms with Crippen LogP contribution < -0.4 is 9.64 Å². The van der Waals surface area contributed by atoms with Gasteiger partial charge in [-0.1, -0.05) is 17.7 Å². The van der Waals surface area contributed by atoms with Gasteiger partial charge in [0.15, 0.2) is 5.13 Å². The standard InChI is InChI=1S/C30H33F2N3O4S/c1-19-3-6-26(24(15-19)25-18-40-29(33-25)35-11-7-21(8-12-35)28(37)38)39-17-23-5-4-22(16-20(23)2)27(36)34-13-9-30(31,32)10-14-34/h3-6,15-16,18,21H,7-14,17H2,1-2H3,(H,37,38). The third kappa shape index (κ3) is 6.27. The zero-order chi connectivity index (χ0) is 28.4. The molecular formula is C30H33F2N3O4S. The van der Waals surface area contributed by atoms with E-state index in [-0.39, 0.29) is 37.8 Å². The molecule has 7 nitrogen and oxygen atoms in total. The molecule has 0 saturated carbocycles. The van der Waals surface area contributed by atoms with Crippen molar-refractivity contribution in [1.82, 2.24) is 9.88 Å². The van der Waals surface area contributed by atoms with E-state index in [1.807, 2.05) is 43.5 Å². The number of carbonyl (C=O) groups is 2. The molecule has 10 heteroatoms. The topological polar surface area (TPSA) is 83.0 Å². The van der Waals surface area contributed by atoms with Gasteiger partial charge in [0.2, 0.25) is 0 Å². The summed E-state index contributed by atoms with van der Waals surface area (Å²) in [5.41, 5.74) is 5.08. The fourth-order valence-corrected chi connectivity index (χ4v) is 6.07. The highest BCUT2D eigenvalue weighted by Crippen LogP contribution is 2.36. The molecule has 2 aromatic carbocycles. The quantitative estimate of drug-likeness (QED) is 0.366. The van der Waals surface area contributed by atoms with Gasteiger partial charge in [0.05, 0.1) is 11.6 Å². The van der Waals surface area contributed by atoms with E-state index in [9.17, 15) is 23.5 Å². The van der Waals surface area contributed by atoms with Crippen molar-refractivity contribution in [2.75, 3.05) is 31.1 Å². The monoisotopic (exact) mass is 569 g/mol. The predicted molar refractivity (Wildman–Crippen MR) is 150 cm³/mol. The van der Waals surface area contributed by atoms with Gasteiger partial charge in [-0.25, -0.2) is 13.8 Å². The number of carboxylic acids is 1. The number of alkyl halides is 2. The second-order valence-corrected chi connectivity index (χ2v) is 11.5. The Morgan fingerprint density at radius 3 is 2.48 bits per heavy atom. The van der Waals surface area contributed by atoms with Crippen LogP contribution in [0.3, 0.4) is 0 Å². The highest BCUT2D eigenvalue weighted by molar-refractivity contribution is 7.14. The van der Waals surface area contributed by atoms with Gasteiger partial charge >= 0.3 is 5.97 Å². The number of aryl methyl sites for hydroxylation is 2. The number of hydrogen-bond acceptors (Lipinski definition) is 6. The maximum Gasteiger partial charge on any atom is 0.306 e. The fraction of sp³-hybridized carbons (Fsp3) is 0.433. The minimum Gasteiger partial charge on any atom is -0.488 e. The lowest BCUT2D eigenvalue weighted by Gasteiger charge is -2.31. The van der Waals surface area contributed by atoms with Crippen LogP contribution in [0.15, 0.2) is 41.8 Å². The predicted octanol–water partition coefficient (Wildman–Crippen LogP) is 6.18. The highest BCUT2D eigenvalue weighted by Gasteiger charge is 2.35. The zero-order valence-electron chi connectivity index (χ0n) is 22.7. The summed E-state index contributed by atoms with van der Waals surface area (Å²) >= 11 is 1.54. The number of nitrogens with zero attached hydrogens (tertiary/aromatic N) is 3. The van der Waals surface area contributed by atoms with Gasteiger partial charge in [-0.2, -0.15) is 0 Å². The van der Waals surface area contributed by atoms with Gasteiger partial charge in [0.1, 0.15) is 12.4 Å². The van der Waals surface area contributed by atoms with Crippen LogP contribution in [0, 0.1) is 19.8 Å². The number of thiazole rings is 1. The highest BCUT2D eigenvalue weighted by atomic mass is 32.1. The molecule has 0 radical (unpaired) electrons. The molecule has 1 aromatic heterocycles. The minimum atomic E-state index is -2.69. The Morgan fingerprint density at radius 2 is 1.80 bits per heavy atom. The fourth-order valence-electron chi connectivity index (χ4n) is 5.19. The summed E-state index contributed by atoms with van der Waals surface area (Å²) in [7, 11) is 0. The van der Waals surface area contributed by atoms with Crippen molar-refractivity contribution in [2.24, 2.45) is 5.92 Å². The van der Waals surface area contributed by atoms with E-state index < -0.39 is 11.9 Å². The second-order valence-electron chi connectivity index (χ2n) is 10.7. The smallest absolute Gasteiger partial charge is 0.306 e. The van der Waals surface area contributed by atoms with Crippen molar-refractivity contribution in [3.63, 3.8) is 0 Å². The van der Waals surface area contributed by atoms with E-state index in [1.165, 1.54) is 4.90 Å². The number of amides is 1. The average molecular weight is 570 g/mol. The summed E-state index contributed by atoms with van der Waals surface area (Å²) in [6.45, 7) is 5.69. The van der Waals surface area contributed by atoms with Crippen molar-refractivity contribution in [1.29, 1.82) is 0 Å². The number of hydrogen-bond donors (Lipinski definition) is 1. The largest absolute Gasteiger partial charge is 0.488 e. The Balaban J connectivity index is 1.26. The average Bonchev–Trinajstić information content (AvgIpc) is 3.43. The molecular weight excluding hydrogens is 536 g/mol. The van der Waals surface area contributed by atoms with Gasteiger partial charge in [-0.05, 0) is 62.1 Å². The minimum absolute atomic E-state index is 0.0604. The normalized spacial score (nSPS) is 17.6. The lowest BCUT2D eigenvalue weighted by molar-refractivity contribution is -0.142. The van der Waals surface area contributed by atoms with Gasteiger partial charge < -0.3 is 19.6 Å². The molecule has 3 heterocycles. The van der Waals surface area contributed by atoms with E-state index >= 15 is 0 Å². The van der Waals surface area contributed by atoms with E-state index in [0.29, 0.717) is 43.9 Å². The van der Waals surface area contributed by atoms with Crippen LogP contribution in [-0.4, -0.2) is 59.0 Å². The number of likely N-dealkylation sites (tertiary alicyclic amines) is 1. The molecule has 2 aliphatic heterocycles. The number of aliphatic carboxylic acids is 1. The maximum absolute atomic E-state index is 13.5. The molecule has 0 spiro atoms. The summed E-state index contributed by atoms with van der Waals surface area (Å²) in [4.78, 5) is 32.7. The summed E-state index contributed by atoms with van der Waals surface area (Å²) in [6.07, 6.45) is 0.625. The number of carbonyl (C=O) groups excluding carboxylic acids is 1. The third-order valence-electron chi connectivity index (χ3n) is 7.77. The summed E-state index contributed by atoms with van der Waals surface area (Å²) in [5, 5.41) is 12.2. The molecule has 40 heavy (non-hydrogen) atoms. The van der Waals surface area contributed by atoms with Gasteiger partial charge in [-0.15, -0.1) is 11.3 Å². The Kier molecular flexibility index (Phi) is 8.07. The number of anilines is 1. The van der Waals surface area contributed by atoms with Crippen LogP contribution in [0.1, 0.15) is 52.7 Å². The Morgan fingerprint density at radius 1 is 1.07 bits per heavy atom. The number of rotatable bonds is 7. The summed E-state index contributed by atoms with van der Waals surface area (Å²) in [6, 6.07) is 11.3. The molecule has 2 saturated heterocycles. The van der Waals surface area contributed by atoms with E-state index in [2.05, 4.69) is 4.90 Å². The van der Waals surface area contributed by atoms with Gasteiger partial charge in [0, 0.05) is 55.5 Å². The molecule has 0 aliphatic carbocycles. The summed E-state index contributed by atoms with van der Waals surface area (Å²) in [5.74, 6) is -3.24. The number of piperidine rings is 2. The zero-order valence-corrected chi connectivity index (χ0v) is 23.5. The number of carboxylic acid groups (broad SMARTS) is 1. The number of halogens is 2. The van der Waals surface area contributed by atoms with Gasteiger partial charge in [0.25, 0.3) is 11.8 Å². The van der Waals surface area contributed by atoms with E-state index in [4.69, 9.17) is 9.72 Å². The van der Waals surface area contributed by atoms with Crippen LogP contribution in [0.5, 0.6) is 5.75 Å². The first-order chi connectivity index (χ1) is 19.1. The molecule has 0 unspecified atom stereocenters. The SMILES string of the molecule is Cc1ccc(OCc2ccc(C(=O)N3CCC(F)(F)CC3)cc2C)c(-c2csc(N3CCC(C(=O)O)CC3)n2)c1. The van der Waals surface area contributed by atoms with E-state index in [1.54, 1.807) is 23.5 Å². The Bertz CT molecular complexity index is 1390. The molecule has 1 amide bonds. The second kappa shape index (κ2) is 11.5. The number of ether oxygens (including phenoxy) is 1. The van der Waals surface area contributed by atoms with Crippen LogP contribution in [0.4, 0.5) is 13.9 Å². The van der Waals surface area contributed by atoms with Crippen molar-refractivity contribution >= 4 is 28.3 Å². The van der Waals surface area contributed by atoms with Crippen LogP contribution in [0.2, 0.25) is 0 Å². The molecule has 0 atom stereocenters. The first-order valence-corrected chi connectivity index (χ1v) is 14.4. The summed E-state index contributed by atoms with van der Waals surface area (Å²) < 4.78 is 33.2. The number of benzene rings is 2. The lowest BCUT2D eigenvalue weighted by atomic mass is 9.97. The molecule has 1 N–H and O–H groups in total. The van der Waals surface area contributed by atoms with Crippen molar-refractivity contribution in [3.05, 3.63) is 64.0 Å². The van der Waals surface area contributed by atoms with Crippen molar-refractivity contribution in [2.45, 2.75) is 52.1 Å². The number of aromatic nitrogens is 1. The lowest BCUT2D eigenvalue weighted by Crippen LogP contribution is -2.42. The van der Waals surface area contributed by atoms with Crippen molar-refractivity contribution < 1.29 is 28.2 Å². The molecule has 212 valence electrons. The maximum atomic E-state index is 13.5. The van der Waals surface area contributed by atoms with E-state index in [0.717, 1.165) is 33.1 Å². The molecule has 2 aliphatic rings. The molecule has 5 rings (SSSR count). The Labute approximate surface area is 236 Å². The Hall–Kier alpha value is -3.53. The third-order valence-corrected chi connectivity index (χ3v) is 8.67. The first kappa shape index (κ1) is 28.0. The van der Waals surface area contributed by atoms with Crippen LogP contribution >= 0.6 is 11.3 Å². The van der Waals surface area contributed by atoms with Gasteiger partial charge in [-0.3, -0.25) is 9.59 Å². The van der Waals surface area contributed by atoms with Crippen LogP contribution in [0.25, 0.3) is 11.3 Å². The molecule has 3 aromatic rings. The molecule has 0 bridgehead atoms.